The molecule has 1 aliphatic rings. The highest BCUT2D eigenvalue weighted by Gasteiger charge is 2.67. The molecule has 3 nitrogen and oxygen atoms in total. The van der Waals surface area contributed by atoms with Crippen molar-refractivity contribution in [1.29, 1.82) is 0 Å². The minimum Gasteiger partial charge on any atom is -0.299 e. The minimum absolute atomic E-state index is 0.114. The normalized spacial score (nSPS) is 20.6. The monoisotopic (exact) mass is 326 g/mol. The van der Waals surface area contributed by atoms with Crippen molar-refractivity contribution in [3.63, 3.8) is 0 Å². The van der Waals surface area contributed by atoms with Crippen LogP contribution >= 0.6 is 15.9 Å². The number of nitrogens with zero attached hydrogens (tertiary/aromatic N) is 2. The highest BCUT2D eigenvalue weighted by Crippen LogP contribution is 2.68. The molecule has 1 heterocycles. The van der Waals surface area contributed by atoms with Crippen LogP contribution in [0.1, 0.15) is 46.0 Å². The smallest absolute Gasteiger partial charge is 0.143 e. The summed E-state index contributed by atoms with van der Waals surface area (Å²) >= 11 is 3.56. The summed E-state index contributed by atoms with van der Waals surface area (Å²) in [6.07, 6.45) is 0.479. The van der Waals surface area contributed by atoms with Crippen molar-refractivity contribution in [2.75, 3.05) is 0 Å². The van der Waals surface area contributed by atoms with E-state index in [-0.39, 0.29) is 16.7 Å². The van der Waals surface area contributed by atoms with Gasteiger partial charge in [-0.15, -0.1) is 0 Å². The molecule has 1 saturated carbocycles. The molecule has 1 aliphatic carbocycles. The summed E-state index contributed by atoms with van der Waals surface area (Å²) in [7, 11) is 0. The number of halogens is 1. The second-order valence-electron chi connectivity index (χ2n) is 6.68. The highest BCUT2D eigenvalue weighted by molar-refractivity contribution is 9.10. The van der Waals surface area contributed by atoms with Crippen molar-refractivity contribution >= 4 is 21.7 Å². The van der Waals surface area contributed by atoms with Gasteiger partial charge in [0, 0.05) is 18.9 Å². The van der Waals surface area contributed by atoms with E-state index < -0.39 is 0 Å². The first kappa shape index (κ1) is 14.8. The Balaban J connectivity index is 2.22. The third-order valence-electron chi connectivity index (χ3n) is 5.14. The zero-order valence-electron chi connectivity index (χ0n) is 12.7. The molecule has 4 heteroatoms. The molecular formula is C15H23BrN2O. The molecule has 0 N–H and O–H groups in total. The van der Waals surface area contributed by atoms with Crippen LogP contribution in [0.15, 0.2) is 4.47 Å². The maximum atomic E-state index is 12.6. The predicted octanol–water partition coefficient (Wildman–Crippen LogP) is 3.77. The molecule has 0 saturated heterocycles. The van der Waals surface area contributed by atoms with E-state index >= 15 is 0 Å². The number of aryl methyl sites for hydroxylation is 2. The van der Waals surface area contributed by atoms with E-state index in [9.17, 15) is 4.79 Å². The molecule has 1 aromatic heterocycles. The molecule has 19 heavy (non-hydrogen) atoms. The standard InChI is InChI=1S/C15H23BrN2O/c1-7-18-10(12(16)9(2)17-18)8-11(19)13-14(3,4)15(13,5)6/h13H,7-8H2,1-6H3. The summed E-state index contributed by atoms with van der Waals surface area (Å²) in [6.45, 7) is 13.6. The van der Waals surface area contributed by atoms with E-state index in [0.717, 1.165) is 22.4 Å². The fourth-order valence-corrected chi connectivity index (χ4v) is 3.73. The van der Waals surface area contributed by atoms with Gasteiger partial charge in [0.1, 0.15) is 5.78 Å². The summed E-state index contributed by atoms with van der Waals surface area (Å²) in [5, 5.41) is 4.45. The number of ketones is 1. The van der Waals surface area contributed by atoms with Crippen molar-refractivity contribution in [2.24, 2.45) is 16.7 Å². The van der Waals surface area contributed by atoms with Gasteiger partial charge in [-0.3, -0.25) is 9.48 Å². The van der Waals surface area contributed by atoms with Crippen LogP contribution in [0.5, 0.6) is 0 Å². The Morgan fingerprint density at radius 3 is 2.26 bits per heavy atom. The number of carbonyl (C=O) groups excluding carboxylic acids is 1. The highest BCUT2D eigenvalue weighted by atomic mass is 79.9. The molecule has 0 unspecified atom stereocenters. The van der Waals surface area contributed by atoms with Gasteiger partial charge in [-0.05, 0) is 40.6 Å². The molecule has 0 spiro atoms. The van der Waals surface area contributed by atoms with E-state index in [4.69, 9.17) is 0 Å². The third-order valence-corrected chi connectivity index (χ3v) is 6.17. The van der Waals surface area contributed by atoms with Crippen LogP contribution in [-0.4, -0.2) is 15.6 Å². The molecule has 2 rings (SSSR count). The van der Waals surface area contributed by atoms with Crippen LogP contribution < -0.4 is 0 Å². The van der Waals surface area contributed by atoms with Crippen LogP contribution in [0, 0.1) is 23.7 Å². The van der Waals surface area contributed by atoms with E-state index in [1.807, 2.05) is 11.6 Å². The Morgan fingerprint density at radius 1 is 1.32 bits per heavy atom. The largest absolute Gasteiger partial charge is 0.299 e. The van der Waals surface area contributed by atoms with Crippen molar-refractivity contribution in [3.8, 4) is 0 Å². The van der Waals surface area contributed by atoms with Crippen LogP contribution in [0.3, 0.4) is 0 Å². The van der Waals surface area contributed by atoms with Crippen LogP contribution in [0.2, 0.25) is 0 Å². The third kappa shape index (κ3) is 2.08. The van der Waals surface area contributed by atoms with Gasteiger partial charge in [-0.2, -0.15) is 5.10 Å². The molecule has 1 fully saturated rings. The molecule has 0 aromatic carbocycles. The van der Waals surface area contributed by atoms with E-state index in [1.165, 1.54) is 0 Å². The second-order valence-corrected chi connectivity index (χ2v) is 7.47. The van der Waals surface area contributed by atoms with Gasteiger partial charge in [0.15, 0.2) is 0 Å². The number of hydrogen-bond donors (Lipinski definition) is 0. The first-order valence-corrected chi connectivity index (χ1v) is 7.68. The van der Waals surface area contributed by atoms with Gasteiger partial charge in [-0.1, -0.05) is 27.7 Å². The molecule has 1 aromatic rings. The van der Waals surface area contributed by atoms with Crippen molar-refractivity contribution < 1.29 is 4.79 Å². The molecule has 106 valence electrons. The topological polar surface area (TPSA) is 34.9 Å². The van der Waals surface area contributed by atoms with E-state index in [0.29, 0.717) is 12.2 Å². The zero-order chi connectivity index (χ0) is 14.6. The number of hydrogen-bond acceptors (Lipinski definition) is 2. The number of Topliss-reactive ketones (excluding diaryl/α,β-unsaturated/α-hetero) is 1. The fraction of sp³-hybridized carbons (Fsp3) is 0.733. The molecule has 0 atom stereocenters. The second kappa shape index (κ2) is 4.44. The minimum atomic E-state index is 0.114. The Labute approximate surface area is 123 Å². The lowest BCUT2D eigenvalue weighted by atomic mass is 10.0. The summed E-state index contributed by atoms with van der Waals surface area (Å²) in [6, 6.07) is 0. The van der Waals surface area contributed by atoms with Crippen LogP contribution in [0.25, 0.3) is 0 Å². The maximum Gasteiger partial charge on any atom is 0.143 e. The molecule has 0 bridgehead atoms. The zero-order valence-corrected chi connectivity index (χ0v) is 14.3. The summed E-state index contributed by atoms with van der Waals surface area (Å²) in [5.41, 5.74) is 2.20. The first-order chi connectivity index (χ1) is 8.64. The number of carbonyl (C=O) groups is 1. The van der Waals surface area contributed by atoms with Crippen molar-refractivity contribution in [2.45, 2.75) is 54.5 Å². The SMILES string of the molecule is CCn1nc(C)c(Br)c1CC(=O)C1C(C)(C)C1(C)C. The van der Waals surface area contributed by atoms with Gasteiger partial charge in [-0.25, -0.2) is 0 Å². The fourth-order valence-electron chi connectivity index (χ4n) is 3.31. The van der Waals surface area contributed by atoms with Gasteiger partial charge in [0.25, 0.3) is 0 Å². The lowest BCUT2D eigenvalue weighted by Crippen LogP contribution is -2.14. The lowest BCUT2D eigenvalue weighted by Gasteiger charge is -2.06. The molecule has 0 amide bonds. The van der Waals surface area contributed by atoms with Gasteiger partial charge in [0.05, 0.1) is 15.9 Å². The van der Waals surface area contributed by atoms with E-state index in [2.05, 4.69) is 55.6 Å². The molecule has 0 aliphatic heterocycles. The summed E-state index contributed by atoms with van der Waals surface area (Å²) < 4.78 is 2.92. The summed E-state index contributed by atoms with van der Waals surface area (Å²) in [4.78, 5) is 12.6. The number of aromatic nitrogens is 2. The predicted molar refractivity (Wildman–Crippen MR) is 80.1 cm³/mol. The Bertz CT molecular complexity index is 514. The van der Waals surface area contributed by atoms with Gasteiger partial charge in [0.2, 0.25) is 0 Å². The average molecular weight is 327 g/mol. The van der Waals surface area contributed by atoms with Crippen LogP contribution in [-0.2, 0) is 17.8 Å². The van der Waals surface area contributed by atoms with Crippen LogP contribution in [0.4, 0.5) is 0 Å². The Hall–Kier alpha value is -0.640. The molecule has 0 radical (unpaired) electrons. The summed E-state index contributed by atoms with van der Waals surface area (Å²) in [5.74, 6) is 0.498. The Morgan fingerprint density at radius 2 is 1.84 bits per heavy atom. The Kier molecular flexibility index (Phi) is 3.45. The van der Waals surface area contributed by atoms with Crippen molar-refractivity contribution in [1.82, 2.24) is 9.78 Å². The first-order valence-electron chi connectivity index (χ1n) is 6.89. The quantitative estimate of drug-likeness (QED) is 0.844. The van der Waals surface area contributed by atoms with Gasteiger partial charge >= 0.3 is 0 Å². The van der Waals surface area contributed by atoms with Gasteiger partial charge < -0.3 is 0 Å². The van der Waals surface area contributed by atoms with Crippen molar-refractivity contribution in [3.05, 3.63) is 15.9 Å². The van der Waals surface area contributed by atoms with E-state index in [1.54, 1.807) is 0 Å². The number of rotatable bonds is 4. The lowest BCUT2D eigenvalue weighted by molar-refractivity contribution is -0.120. The average Bonchev–Trinajstić information content (AvgIpc) is 2.56. The molecular weight excluding hydrogens is 304 g/mol. The maximum absolute atomic E-state index is 12.6.